The van der Waals surface area contributed by atoms with E-state index >= 15 is 0 Å². The van der Waals surface area contributed by atoms with Crippen molar-refractivity contribution >= 4 is 17.9 Å². The molecule has 9 heteroatoms. The summed E-state index contributed by atoms with van der Waals surface area (Å²) in [6.45, 7) is 7.63. The third-order valence-corrected chi connectivity index (χ3v) is 5.39. The van der Waals surface area contributed by atoms with E-state index in [1.807, 2.05) is 62.4 Å². The average Bonchev–Trinajstić information content (AvgIpc) is 2.82. The Labute approximate surface area is 212 Å². The lowest BCUT2D eigenvalue weighted by Gasteiger charge is -2.34. The molecule has 0 bridgehead atoms. The number of carbonyl (C=O) groups excluding carboxylic acids is 3. The standard InChI is InChI=1S/C27H37N3O6/c1-18-11-12-19(2)21(15-18)23(24(33)28-16-20-9-7-6-8-10-20)30(13-14-31)25(34)22(17-32)29-26(35)36-27(3,4)5/h6-12,15,22-23,31-32H,13-14,16-17H2,1-5H3,(H,28,33)(H,29,35). The highest BCUT2D eigenvalue weighted by Gasteiger charge is 2.36. The van der Waals surface area contributed by atoms with Gasteiger partial charge in [-0.15, -0.1) is 0 Å². The van der Waals surface area contributed by atoms with Crippen LogP contribution >= 0.6 is 0 Å². The van der Waals surface area contributed by atoms with Crippen LogP contribution in [0.15, 0.2) is 48.5 Å². The summed E-state index contributed by atoms with van der Waals surface area (Å²) >= 11 is 0. The third kappa shape index (κ3) is 8.35. The zero-order valence-electron chi connectivity index (χ0n) is 21.6. The molecule has 0 saturated heterocycles. The van der Waals surface area contributed by atoms with Crippen molar-refractivity contribution in [3.63, 3.8) is 0 Å². The number of hydrogen-bond acceptors (Lipinski definition) is 6. The zero-order chi connectivity index (χ0) is 26.9. The van der Waals surface area contributed by atoms with Crippen molar-refractivity contribution in [2.75, 3.05) is 19.8 Å². The summed E-state index contributed by atoms with van der Waals surface area (Å²) < 4.78 is 5.21. The number of amides is 3. The molecule has 2 aromatic carbocycles. The van der Waals surface area contributed by atoms with E-state index in [4.69, 9.17) is 4.74 Å². The fourth-order valence-electron chi connectivity index (χ4n) is 3.70. The number of aliphatic hydroxyl groups is 2. The molecule has 0 heterocycles. The molecule has 3 amide bonds. The monoisotopic (exact) mass is 499 g/mol. The topological polar surface area (TPSA) is 128 Å². The second kappa shape index (κ2) is 13.0. The Hall–Kier alpha value is -3.43. The normalized spacial score (nSPS) is 12.9. The first-order valence-electron chi connectivity index (χ1n) is 11.9. The first-order valence-corrected chi connectivity index (χ1v) is 11.9. The van der Waals surface area contributed by atoms with E-state index in [1.165, 1.54) is 4.90 Å². The van der Waals surface area contributed by atoms with Gasteiger partial charge in [0.05, 0.1) is 13.2 Å². The number of nitrogens with one attached hydrogen (secondary N) is 2. The average molecular weight is 500 g/mol. The highest BCUT2D eigenvalue weighted by molar-refractivity contribution is 5.92. The van der Waals surface area contributed by atoms with Crippen LogP contribution < -0.4 is 10.6 Å². The van der Waals surface area contributed by atoms with Crippen LogP contribution in [0.25, 0.3) is 0 Å². The fraction of sp³-hybridized carbons (Fsp3) is 0.444. The van der Waals surface area contributed by atoms with Crippen LogP contribution in [-0.2, 0) is 20.9 Å². The quantitative estimate of drug-likeness (QED) is 0.397. The van der Waals surface area contributed by atoms with Gasteiger partial charge in [-0.3, -0.25) is 9.59 Å². The van der Waals surface area contributed by atoms with Gasteiger partial charge in [0.2, 0.25) is 11.8 Å². The van der Waals surface area contributed by atoms with Gasteiger partial charge in [0, 0.05) is 13.1 Å². The first-order chi connectivity index (χ1) is 17.0. The van der Waals surface area contributed by atoms with Crippen LogP contribution in [0.5, 0.6) is 0 Å². The van der Waals surface area contributed by atoms with E-state index in [0.717, 1.165) is 16.7 Å². The van der Waals surface area contributed by atoms with Crippen LogP contribution in [0, 0.1) is 13.8 Å². The van der Waals surface area contributed by atoms with Gasteiger partial charge in [0.25, 0.3) is 0 Å². The number of ether oxygens (including phenoxy) is 1. The summed E-state index contributed by atoms with van der Waals surface area (Å²) in [5, 5.41) is 25.0. The Balaban J connectivity index is 2.42. The minimum Gasteiger partial charge on any atom is -0.444 e. The molecule has 0 fully saturated rings. The predicted octanol–water partition coefficient (Wildman–Crippen LogP) is 2.37. The fourth-order valence-corrected chi connectivity index (χ4v) is 3.70. The van der Waals surface area contributed by atoms with Gasteiger partial charge < -0.3 is 30.5 Å². The van der Waals surface area contributed by atoms with E-state index in [-0.39, 0.29) is 13.1 Å². The minimum absolute atomic E-state index is 0.192. The van der Waals surface area contributed by atoms with Gasteiger partial charge in [-0.25, -0.2) is 4.79 Å². The number of carbonyl (C=O) groups is 3. The Morgan fingerprint density at radius 1 is 1.03 bits per heavy atom. The highest BCUT2D eigenvalue weighted by Crippen LogP contribution is 2.26. The number of aryl methyl sites for hydroxylation is 2. The van der Waals surface area contributed by atoms with Crippen molar-refractivity contribution in [2.24, 2.45) is 0 Å². The molecule has 0 spiro atoms. The molecule has 0 radical (unpaired) electrons. The van der Waals surface area contributed by atoms with Crippen molar-refractivity contribution < 1.29 is 29.3 Å². The molecular formula is C27H37N3O6. The van der Waals surface area contributed by atoms with Gasteiger partial charge in [0.15, 0.2) is 0 Å². The predicted molar refractivity (Wildman–Crippen MR) is 136 cm³/mol. The lowest BCUT2D eigenvalue weighted by Crippen LogP contribution is -2.55. The molecule has 2 atom stereocenters. The summed E-state index contributed by atoms with van der Waals surface area (Å²) in [6, 6.07) is 12.4. The van der Waals surface area contributed by atoms with Crippen molar-refractivity contribution in [3.8, 4) is 0 Å². The van der Waals surface area contributed by atoms with Crippen molar-refractivity contribution in [1.82, 2.24) is 15.5 Å². The van der Waals surface area contributed by atoms with Crippen LogP contribution in [0.1, 0.15) is 49.1 Å². The maximum atomic E-state index is 13.6. The van der Waals surface area contributed by atoms with Crippen LogP contribution in [0.2, 0.25) is 0 Å². The Morgan fingerprint density at radius 2 is 1.69 bits per heavy atom. The summed E-state index contributed by atoms with van der Waals surface area (Å²) in [5.74, 6) is -1.18. The Kier molecular flexibility index (Phi) is 10.4. The van der Waals surface area contributed by atoms with Crippen LogP contribution in [-0.4, -0.2) is 64.4 Å². The molecule has 2 aromatic rings. The van der Waals surface area contributed by atoms with E-state index in [2.05, 4.69) is 10.6 Å². The number of nitrogens with zero attached hydrogens (tertiary/aromatic N) is 1. The van der Waals surface area contributed by atoms with Gasteiger partial charge in [-0.05, 0) is 51.3 Å². The Bertz CT molecular complexity index is 1040. The summed E-state index contributed by atoms with van der Waals surface area (Å²) in [5.41, 5.74) is 2.31. The lowest BCUT2D eigenvalue weighted by atomic mass is 9.96. The van der Waals surface area contributed by atoms with E-state index < -0.39 is 48.8 Å². The number of alkyl carbamates (subject to hydrolysis) is 1. The molecule has 36 heavy (non-hydrogen) atoms. The van der Waals surface area contributed by atoms with Crippen molar-refractivity contribution in [2.45, 2.75) is 58.8 Å². The molecule has 0 aliphatic heterocycles. The number of rotatable bonds is 10. The molecule has 0 aliphatic rings. The zero-order valence-corrected chi connectivity index (χ0v) is 21.6. The van der Waals surface area contributed by atoms with E-state index in [9.17, 15) is 24.6 Å². The number of benzene rings is 2. The first kappa shape index (κ1) is 28.8. The molecule has 9 nitrogen and oxygen atoms in total. The van der Waals surface area contributed by atoms with E-state index in [0.29, 0.717) is 5.56 Å². The van der Waals surface area contributed by atoms with Gasteiger partial charge in [-0.1, -0.05) is 54.1 Å². The number of hydrogen-bond donors (Lipinski definition) is 4. The van der Waals surface area contributed by atoms with Crippen LogP contribution in [0.3, 0.4) is 0 Å². The minimum atomic E-state index is -1.37. The maximum absolute atomic E-state index is 13.6. The molecule has 196 valence electrons. The molecule has 0 saturated carbocycles. The van der Waals surface area contributed by atoms with Gasteiger partial charge >= 0.3 is 6.09 Å². The van der Waals surface area contributed by atoms with Crippen molar-refractivity contribution in [3.05, 3.63) is 70.8 Å². The summed E-state index contributed by atoms with van der Waals surface area (Å²) in [4.78, 5) is 40.6. The number of aliphatic hydroxyl groups excluding tert-OH is 2. The largest absolute Gasteiger partial charge is 0.444 e. The molecule has 2 rings (SSSR count). The molecule has 0 aromatic heterocycles. The smallest absolute Gasteiger partial charge is 0.408 e. The Morgan fingerprint density at radius 3 is 2.28 bits per heavy atom. The maximum Gasteiger partial charge on any atom is 0.408 e. The molecule has 4 N–H and O–H groups in total. The molecular weight excluding hydrogens is 462 g/mol. The lowest BCUT2D eigenvalue weighted by molar-refractivity contribution is -0.143. The van der Waals surface area contributed by atoms with E-state index in [1.54, 1.807) is 20.8 Å². The van der Waals surface area contributed by atoms with Gasteiger partial charge in [-0.2, -0.15) is 0 Å². The molecule has 0 aliphatic carbocycles. The second-order valence-electron chi connectivity index (χ2n) is 9.60. The highest BCUT2D eigenvalue weighted by atomic mass is 16.6. The molecule has 2 unspecified atom stereocenters. The SMILES string of the molecule is Cc1ccc(C)c(C(C(=O)NCc2ccccc2)N(CCO)C(=O)C(CO)NC(=O)OC(C)(C)C)c1. The second-order valence-corrected chi connectivity index (χ2v) is 9.60. The summed E-state index contributed by atoms with van der Waals surface area (Å²) in [7, 11) is 0. The summed E-state index contributed by atoms with van der Waals surface area (Å²) in [6.07, 6.45) is -0.879. The third-order valence-electron chi connectivity index (χ3n) is 5.39. The van der Waals surface area contributed by atoms with Crippen molar-refractivity contribution in [1.29, 1.82) is 0 Å². The van der Waals surface area contributed by atoms with Crippen LogP contribution in [0.4, 0.5) is 4.79 Å². The van der Waals surface area contributed by atoms with Gasteiger partial charge in [0.1, 0.15) is 17.7 Å².